The minimum atomic E-state index is -6.01. The van der Waals surface area contributed by atoms with Crippen LogP contribution in [0.5, 0.6) is 23.0 Å². The average molecular weight is 442 g/mol. The van der Waals surface area contributed by atoms with Crippen LogP contribution in [0.1, 0.15) is 13.8 Å². The summed E-state index contributed by atoms with van der Waals surface area (Å²) in [5, 5.41) is 0.772. The van der Waals surface area contributed by atoms with Crippen molar-refractivity contribution in [3.8, 4) is 23.0 Å². The maximum absolute atomic E-state index is 12.7. The minimum Gasteiger partial charge on any atom is -0.487 e. The molecule has 0 saturated carbocycles. The molecule has 0 aliphatic carbocycles. The monoisotopic (exact) mass is 442 g/mol. The topological polar surface area (TPSA) is 71.1 Å². The molecular formula is C20H17F3O6S. The quantitative estimate of drug-likeness (QED) is 0.270. The molecule has 0 spiro atoms. The minimum absolute atomic E-state index is 0.133. The zero-order valence-electron chi connectivity index (χ0n) is 15.8. The highest BCUT2D eigenvalue weighted by molar-refractivity contribution is 7.87. The summed E-state index contributed by atoms with van der Waals surface area (Å²) in [4.78, 5) is 4.72. The van der Waals surface area contributed by atoms with Gasteiger partial charge in [0.1, 0.15) is 5.75 Å². The van der Waals surface area contributed by atoms with Gasteiger partial charge in [0.15, 0.2) is 5.75 Å². The summed E-state index contributed by atoms with van der Waals surface area (Å²) in [5.41, 5.74) is -5.66. The van der Waals surface area contributed by atoms with Gasteiger partial charge in [-0.3, -0.25) is 0 Å². The molecule has 3 aromatic carbocycles. The predicted octanol–water partition coefficient (Wildman–Crippen LogP) is 5.58. The first-order valence-electron chi connectivity index (χ1n) is 8.71. The summed E-state index contributed by atoms with van der Waals surface area (Å²) >= 11 is 0. The number of fused-ring (bicyclic) bond motifs is 1. The van der Waals surface area contributed by atoms with Gasteiger partial charge in [0, 0.05) is 5.39 Å². The van der Waals surface area contributed by atoms with Crippen LogP contribution in [0, 0.1) is 0 Å². The standard InChI is InChI=1S/C20H17F3O6S/c1-13(2)26-17-12-14-8-6-7-11-16(14)18(28-29-30(24,25)20(21,22)23)19(17)27-15-9-4-3-5-10-15/h3-13H,1-2H3. The van der Waals surface area contributed by atoms with Crippen molar-refractivity contribution in [1.29, 1.82) is 0 Å². The van der Waals surface area contributed by atoms with Crippen LogP contribution in [0.3, 0.4) is 0 Å². The summed E-state index contributed by atoms with van der Waals surface area (Å²) in [5.74, 6) is -0.0492. The van der Waals surface area contributed by atoms with E-state index in [2.05, 4.69) is 4.33 Å². The Kier molecular flexibility index (Phi) is 6.09. The summed E-state index contributed by atoms with van der Waals surface area (Å²) in [7, 11) is -6.01. The Labute approximate surface area is 170 Å². The maximum Gasteiger partial charge on any atom is 0.526 e. The highest BCUT2D eigenvalue weighted by atomic mass is 32.2. The molecule has 160 valence electrons. The van der Waals surface area contributed by atoms with Gasteiger partial charge in [-0.1, -0.05) is 42.5 Å². The number of rotatable bonds is 7. The van der Waals surface area contributed by atoms with Crippen LogP contribution in [-0.2, 0) is 14.5 Å². The molecule has 0 radical (unpaired) electrons. The normalized spacial score (nSPS) is 12.2. The maximum atomic E-state index is 12.7. The Hall–Kier alpha value is -2.98. The lowest BCUT2D eigenvalue weighted by Crippen LogP contribution is -2.26. The van der Waals surface area contributed by atoms with Gasteiger partial charge in [-0.15, -0.1) is 0 Å². The van der Waals surface area contributed by atoms with Gasteiger partial charge in [0.2, 0.25) is 11.5 Å². The number of ether oxygens (including phenoxy) is 2. The molecule has 0 saturated heterocycles. The molecular weight excluding hydrogens is 425 g/mol. The van der Waals surface area contributed by atoms with Crippen molar-refractivity contribution in [3.63, 3.8) is 0 Å². The largest absolute Gasteiger partial charge is 0.526 e. The lowest BCUT2D eigenvalue weighted by molar-refractivity contribution is -0.128. The number of halogens is 3. The Morgan fingerprint density at radius 2 is 1.53 bits per heavy atom. The first-order valence-corrected chi connectivity index (χ1v) is 10.1. The van der Waals surface area contributed by atoms with Gasteiger partial charge in [-0.05, 0) is 41.8 Å². The third-order valence-corrected chi connectivity index (χ3v) is 4.55. The van der Waals surface area contributed by atoms with Crippen LogP contribution >= 0.6 is 0 Å². The fraction of sp³-hybridized carbons (Fsp3) is 0.200. The molecule has 6 nitrogen and oxygen atoms in total. The smallest absolute Gasteiger partial charge is 0.487 e. The Bertz CT molecular complexity index is 1130. The van der Waals surface area contributed by atoms with Crippen molar-refractivity contribution < 1.29 is 40.3 Å². The highest BCUT2D eigenvalue weighted by Crippen LogP contribution is 2.46. The Morgan fingerprint density at radius 1 is 0.900 bits per heavy atom. The molecule has 0 unspecified atom stereocenters. The van der Waals surface area contributed by atoms with E-state index in [1.54, 1.807) is 68.4 Å². The molecule has 0 aliphatic heterocycles. The molecule has 10 heteroatoms. The van der Waals surface area contributed by atoms with Crippen molar-refractivity contribution in [2.75, 3.05) is 0 Å². The predicted molar refractivity (Wildman–Crippen MR) is 103 cm³/mol. The molecule has 0 aromatic heterocycles. The van der Waals surface area contributed by atoms with E-state index in [1.807, 2.05) is 0 Å². The molecule has 0 fully saturated rings. The van der Waals surface area contributed by atoms with Crippen molar-refractivity contribution in [2.24, 2.45) is 0 Å². The molecule has 0 amide bonds. The summed E-state index contributed by atoms with van der Waals surface area (Å²) < 4.78 is 76.2. The van der Waals surface area contributed by atoms with E-state index in [1.165, 1.54) is 6.07 Å². The summed E-state index contributed by atoms with van der Waals surface area (Å²) in [6, 6.07) is 16.4. The number of hydrogen-bond donors (Lipinski definition) is 0. The van der Waals surface area contributed by atoms with Gasteiger partial charge in [0.05, 0.1) is 6.10 Å². The SMILES string of the molecule is CC(C)Oc1cc2ccccc2c(OOS(=O)(=O)C(F)(F)F)c1Oc1ccccc1. The van der Waals surface area contributed by atoms with E-state index in [4.69, 9.17) is 14.4 Å². The second kappa shape index (κ2) is 8.41. The second-order valence-corrected chi connectivity index (χ2v) is 7.89. The van der Waals surface area contributed by atoms with Gasteiger partial charge in [-0.2, -0.15) is 21.6 Å². The molecule has 0 heterocycles. The second-order valence-electron chi connectivity index (χ2n) is 6.39. The van der Waals surface area contributed by atoms with Crippen molar-refractivity contribution in [1.82, 2.24) is 0 Å². The van der Waals surface area contributed by atoms with Crippen molar-refractivity contribution in [3.05, 3.63) is 60.7 Å². The van der Waals surface area contributed by atoms with E-state index in [0.717, 1.165) is 0 Å². The molecule has 0 N–H and O–H groups in total. The van der Waals surface area contributed by atoms with E-state index < -0.39 is 15.6 Å². The molecule has 3 rings (SSSR count). The van der Waals surface area contributed by atoms with Crippen LogP contribution < -0.4 is 14.4 Å². The van der Waals surface area contributed by atoms with Gasteiger partial charge >= 0.3 is 15.6 Å². The number of alkyl halides is 3. The van der Waals surface area contributed by atoms with Crippen molar-refractivity contribution >= 4 is 20.9 Å². The fourth-order valence-electron chi connectivity index (χ4n) is 2.52. The fourth-order valence-corrected chi connectivity index (χ4v) is 2.75. The Morgan fingerprint density at radius 3 is 2.17 bits per heavy atom. The molecule has 0 aliphatic rings. The van der Waals surface area contributed by atoms with Crippen LogP contribution in [0.2, 0.25) is 0 Å². The lowest BCUT2D eigenvalue weighted by atomic mass is 10.1. The number of hydrogen-bond acceptors (Lipinski definition) is 6. The molecule has 0 bridgehead atoms. The highest BCUT2D eigenvalue weighted by Gasteiger charge is 2.49. The van der Waals surface area contributed by atoms with Crippen molar-refractivity contribution in [2.45, 2.75) is 25.5 Å². The van der Waals surface area contributed by atoms with E-state index in [0.29, 0.717) is 11.1 Å². The molecule has 30 heavy (non-hydrogen) atoms. The Balaban J connectivity index is 2.16. The third kappa shape index (κ3) is 4.77. The van der Waals surface area contributed by atoms with Crippen LogP contribution in [0.25, 0.3) is 10.8 Å². The van der Waals surface area contributed by atoms with Crippen LogP contribution in [0.4, 0.5) is 13.2 Å². The average Bonchev–Trinajstić information content (AvgIpc) is 2.67. The van der Waals surface area contributed by atoms with Crippen LogP contribution in [-0.4, -0.2) is 20.0 Å². The summed E-state index contributed by atoms with van der Waals surface area (Å²) in [6.07, 6.45) is -0.322. The zero-order valence-corrected chi connectivity index (χ0v) is 16.7. The van der Waals surface area contributed by atoms with Crippen LogP contribution in [0.15, 0.2) is 60.7 Å². The first-order chi connectivity index (χ1) is 14.1. The zero-order chi connectivity index (χ0) is 21.9. The van der Waals surface area contributed by atoms with Gasteiger partial charge in [-0.25, -0.2) is 0 Å². The third-order valence-electron chi connectivity index (χ3n) is 3.74. The lowest BCUT2D eigenvalue weighted by Gasteiger charge is -2.19. The number of para-hydroxylation sites is 1. The molecule has 0 atom stereocenters. The van der Waals surface area contributed by atoms with Gasteiger partial charge < -0.3 is 14.4 Å². The van der Waals surface area contributed by atoms with Gasteiger partial charge in [0.25, 0.3) is 0 Å². The first kappa shape index (κ1) is 21.7. The summed E-state index contributed by atoms with van der Waals surface area (Å²) in [6.45, 7) is 3.49. The van der Waals surface area contributed by atoms with E-state index in [9.17, 15) is 21.6 Å². The van der Waals surface area contributed by atoms with E-state index in [-0.39, 0.29) is 28.7 Å². The molecule has 3 aromatic rings. The number of benzene rings is 3. The van der Waals surface area contributed by atoms with E-state index >= 15 is 0 Å².